The van der Waals surface area contributed by atoms with Gasteiger partial charge in [-0.05, 0) is 36.5 Å². The van der Waals surface area contributed by atoms with Gasteiger partial charge in [0.15, 0.2) is 0 Å². The van der Waals surface area contributed by atoms with Gasteiger partial charge < -0.3 is 0 Å². The van der Waals surface area contributed by atoms with Crippen molar-refractivity contribution in [1.82, 2.24) is 0 Å². The molecule has 3 aliphatic rings. The lowest BCUT2D eigenvalue weighted by molar-refractivity contribution is -0.123. The zero-order valence-electron chi connectivity index (χ0n) is 10.1. The van der Waals surface area contributed by atoms with E-state index < -0.39 is 0 Å². The molecule has 96 valence electrons. The van der Waals surface area contributed by atoms with E-state index >= 15 is 0 Å². The molecule has 1 saturated heterocycles. The van der Waals surface area contributed by atoms with Crippen molar-refractivity contribution in [2.45, 2.75) is 6.42 Å². The van der Waals surface area contributed by atoms with Crippen LogP contribution in [-0.2, 0) is 9.59 Å². The number of carbonyl (C=O) groups excluding carboxylic acids is 2. The highest BCUT2D eigenvalue weighted by Crippen LogP contribution is 2.53. The number of imide groups is 1. The van der Waals surface area contributed by atoms with E-state index in [2.05, 4.69) is 12.2 Å². The zero-order valence-corrected chi connectivity index (χ0v) is 10.9. The van der Waals surface area contributed by atoms with Gasteiger partial charge in [-0.25, -0.2) is 4.90 Å². The highest BCUT2D eigenvalue weighted by molar-refractivity contribution is 6.31. The van der Waals surface area contributed by atoms with Crippen molar-refractivity contribution < 1.29 is 9.59 Å². The van der Waals surface area contributed by atoms with Crippen LogP contribution in [0.1, 0.15) is 6.42 Å². The van der Waals surface area contributed by atoms with E-state index in [-0.39, 0.29) is 35.5 Å². The third kappa shape index (κ3) is 1.39. The van der Waals surface area contributed by atoms with Crippen LogP contribution in [0, 0.1) is 23.7 Å². The first-order chi connectivity index (χ1) is 9.16. The number of carbonyl (C=O) groups is 2. The van der Waals surface area contributed by atoms with Gasteiger partial charge in [0.2, 0.25) is 11.8 Å². The number of benzene rings is 1. The van der Waals surface area contributed by atoms with Crippen LogP contribution in [0.15, 0.2) is 36.4 Å². The molecule has 0 unspecified atom stereocenters. The number of nitrogens with zero attached hydrogens (tertiary/aromatic N) is 1. The largest absolute Gasteiger partial charge is 0.274 e. The van der Waals surface area contributed by atoms with Gasteiger partial charge in [0.25, 0.3) is 0 Å². The van der Waals surface area contributed by atoms with E-state index in [0.717, 1.165) is 6.42 Å². The van der Waals surface area contributed by atoms with Crippen molar-refractivity contribution >= 4 is 29.1 Å². The average Bonchev–Trinajstić information content (AvgIpc) is 3.04. The fraction of sp³-hybridized carbons (Fsp3) is 0.333. The SMILES string of the molecule is O=C1[C@H]2[C@H](C(=O)N1c1cccc(Cl)c1)[C@@H]1C=C[C@@H]2C1. The van der Waals surface area contributed by atoms with E-state index in [9.17, 15) is 9.59 Å². The molecule has 1 aromatic rings. The van der Waals surface area contributed by atoms with Gasteiger partial charge in [-0.3, -0.25) is 9.59 Å². The molecule has 1 saturated carbocycles. The molecular weight excluding hydrogens is 262 g/mol. The summed E-state index contributed by atoms with van der Waals surface area (Å²) in [4.78, 5) is 26.4. The maximum absolute atomic E-state index is 12.5. The van der Waals surface area contributed by atoms with Crippen LogP contribution in [0.25, 0.3) is 0 Å². The average molecular weight is 274 g/mol. The second-order valence-corrected chi connectivity index (χ2v) is 5.93. The third-order valence-corrected chi connectivity index (χ3v) is 4.77. The molecule has 2 fully saturated rings. The Morgan fingerprint density at radius 2 is 1.68 bits per heavy atom. The van der Waals surface area contributed by atoms with Crippen molar-refractivity contribution in [2.24, 2.45) is 23.7 Å². The Kier molecular flexibility index (Phi) is 2.19. The minimum atomic E-state index is -0.151. The highest BCUT2D eigenvalue weighted by atomic mass is 35.5. The van der Waals surface area contributed by atoms with Gasteiger partial charge in [-0.15, -0.1) is 0 Å². The molecule has 4 atom stereocenters. The van der Waals surface area contributed by atoms with Crippen LogP contribution < -0.4 is 4.90 Å². The molecule has 1 aromatic carbocycles. The lowest BCUT2D eigenvalue weighted by Gasteiger charge is -2.17. The standard InChI is InChI=1S/C15H12ClNO2/c16-10-2-1-3-11(7-10)17-14(18)12-8-4-5-9(6-8)13(12)15(17)19/h1-5,7-9,12-13H,6H2/t8-,9-,12-,13-/m1/s1. The second kappa shape index (κ2) is 3.70. The van der Waals surface area contributed by atoms with E-state index in [1.165, 1.54) is 4.90 Å². The molecule has 0 aromatic heterocycles. The molecule has 19 heavy (non-hydrogen) atoms. The molecule has 4 heteroatoms. The maximum atomic E-state index is 12.5. The minimum absolute atomic E-state index is 0.0610. The Labute approximate surface area is 115 Å². The summed E-state index contributed by atoms with van der Waals surface area (Å²) in [6.07, 6.45) is 5.15. The van der Waals surface area contributed by atoms with Gasteiger partial charge in [0.1, 0.15) is 0 Å². The highest BCUT2D eigenvalue weighted by Gasteiger charge is 2.59. The molecule has 0 spiro atoms. The van der Waals surface area contributed by atoms with Gasteiger partial charge in [0.05, 0.1) is 17.5 Å². The number of fused-ring (bicyclic) bond motifs is 5. The number of amides is 2. The lowest BCUT2D eigenvalue weighted by atomic mass is 9.85. The zero-order chi connectivity index (χ0) is 13.1. The molecule has 0 radical (unpaired) electrons. The summed E-state index contributed by atoms with van der Waals surface area (Å²) in [6, 6.07) is 6.94. The van der Waals surface area contributed by atoms with E-state index in [4.69, 9.17) is 11.6 Å². The Balaban J connectivity index is 1.77. The summed E-state index contributed by atoms with van der Waals surface area (Å²) >= 11 is 5.95. The van der Waals surface area contributed by atoms with Crippen LogP contribution in [0.3, 0.4) is 0 Å². The Morgan fingerprint density at radius 1 is 1.05 bits per heavy atom. The van der Waals surface area contributed by atoms with E-state index in [1.54, 1.807) is 24.3 Å². The fourth-order valence-electron chi connectivity index (χ4n) is 3.77. The molecule has 3 nitrogen and oxygen atoms in total. The molecule has 2 bridgehead atoms. The van der Waals surface area contributed by atoms with Crippen LogP contribution >= 0.6 is 11.6 Å². The van der Waals surface area contributed by atoms with Crippen LogP contribution in [0.4, 0.5) is 5.69 Å². The van der Waals surface area contributed by atoms with Crippen LogP contribution in [0.5, 0.6) is 0 Å². The van der Waals surface area contributed by atoms with Crippen molar-refractivity contribution in [1.29, 1.82) is 0 Å². The van der Waals surface area contributed by atoms with Crippen molar-refractivity contribution in [3.8, 4) is 0 Å². The molecule has 4 rings (SSSR count). The van der Waals surface area contributed by atoms with Crippen LogP contribution in [0.2, 0.25) is 5.02 Å². The van der Waals surface area contributed by atoms with Crippen LogP contribution in [-0.4, -0.2) is 11.8 Å². The fourth-order valence-corrected chi connectivity index (χ4v) is 3.96. The van der Waals surface area contributed by atoms with E-state index in [0.29, 0.717) is 10.7 Å². The Bertz CT molecular complexity index is 594. The first-order valence-electron chi connectivity index (χ1n) is 6.48. The monoisotopic (exact) mass is 273 g/mol. The number of halogens is 1. The second-order valence-electron chi connectivity index (χ2n) is 5.49. The first kappa shape index (κ1) is 11.2. The Hall–Kier alpha value is -1.61. The number of hydrogen-bond donors (Lipinski definition) is 0. The summed E-state index contributed by atoms with van der Waals surface area (Å²) in [7, 11) is 0. The Morgan fingerprint density at radius 3 is 2.26 bits per heavy atom. The molecule has 2 aliphatic carbocycles. The summed E-state index contributed by atoms with van der Waals surface area (Å²) in [5.41, 5.74) is 0.594. The molecule has 0 N–H and O–H groups in total. The van der Waals surface area contributed by atoms with Crippen molar-refractivity contribution in [2.75, 3.05) is 4.90 Å². The minimum Gasteiger partial charge on any atom is -0.274 e. The molecule has 1 aliphatic heterocycles. The number of hydrogen-bond acceptors (Lipinski definition) is 2. The topological polar surface area (TPSA) is 37.4 Å². The normalized spacial score (nSPS) is 35.3. The molecule has 1 heterocycles. The van der Waals surface area contributed by atoms with E-state index in [1.807, 2.05) is 0 Å². The number of anilines is 1. The predicted octanol–water partition coefficient (Wildman–Crippen LogP) is 2.65. The van der Waals surface area contributed by atoms with Gasteiger partial charge in [-0.2, -0.15) is 0 Å². The molecular formula is C15H12ClNO2. The van der Waals surface area contributed by atoms with Gasteiger partial charge in [0, 0.05) is 5.02 Å². The van der Waals surface area contributed by atoms with Crippen molar-refractivity contribution in [3.63, 3.8) is 0 Å². The third-order valence-electron chi connectivity index (χ3n) is 4.54. The van der Waals surface area contributed by atoms with Crippen molar-refractivity contribution in [3.05, 3.63) is 41.4 Å². The quantitative estimate of drug-likeness (QED) is 0.583. The summed E-state index contributed by atoms with van der Waals surface area (Å²) in [5.74, 6) is 0.0671. The van der Waals surface area contributed by atoms with Gasteiger partial charge in [-0.1, -0.05) is 29.8 Å². The smallest absolute Gasteiger partial charge is 0.238 e. The first-order valence-corrected chi connectivity index (χ1v) is 6.86. The number of allylic oxidation sites excluding steroid dienone is 2. The molecule has 2 amide bonds. The summed E-state index contributed by atoms with van der Waals surface area (Å²) < 4.78 is 0. The maximum Gasteiger partial charge on any atom is 0.238 e. The number of rotatable bonds is 1. The predicted molar refractivity (Wildman–Crippen MR) is 71.7 cm³/mol. The van der Waals surface area contributed by atoms with Gasteiger partial charge >= 0.3 is 0 Å². The summed E-state index contributed by atoms with van der Waals surface area (Å²) in [6.45, 7) is 0. The lowest BCUT2D eigenvalue weighted by Crippen LogP contribution is -2.32. The summed E-state index contributed by atoms with van der Waals surface area (Å²) in [5, 5.41) is 0.538.